The summed E-state index contributed by atoms with van der Waals surface area (Å²) in [6.45, 7) is 2.53. The molecule has 0 bridgehead atoms. The van der Waals surface area contributed by atoms with Crippen molar-refractivity contribution in [2.24, 2.45) is 0 Å². The number of aromatic nitrogens is 3. The van der Waals surface area contributed by atoms with E-state index >= 15 is 0 Å². The molecule has 1 saturated carbocycles. The van der Waals surface area contributed by atoms with Crippen molar-refractivity contribution in [3.05, 3.63) is 24.0 Å². The van der Waals surface area contributed by atoms with E-state index in [1.165, 1.54) is 19.3 Å². The van der Waals surface area contributed by atoms with Gasteiger partial charge in [-0.3, -0.25) is 10.3 Å². The number of fused-ring (bicyclic) bond motifs is 1. The van der Waals surface area contributed by atoms with Crippen molar-refractivity contribution in [3.8, 4) is 0 Å². The third-order valence-corrected chi connectivity index (χ3v) is 5.78. The summed E-state index contributed by atoms with van der Waals surface area (Å²) in [7, 11) is 0. The fraction of sp³-hybridized carbons (Fsp3) is 0.600. The lowest BCUT2D eigenvalue weighted by molar-refractivity contribution is -0.0764. The molecule has 28 heavy (non-hydrogen) atoms. The van der Waals surface area contributed by atoms with Crippen LogP contribution in [0.5, 0.6) is 0 Å². The molecular weight excluding hydrogens is 358 g/mol. The van der Waals surface area contributed by atoms with Crippen LogP contribution in [0.1, 0.15) is 51.0 Å². The van der Waals surface area contributed by atoms with Gasteiger partial charge in [-0.1, -0.05) is 19.3 Å². The molecule has 1 fully saturated rings. The van der Waals surface area contributed by atoms with Crippen LogP contribution >= 0.6 is 0 Å². The molecule has 0 aromatic carbocycles. The van der Waals surface area contributed by atoms with Crippen molar-refractivity contribution in [1.82, 2.24) is 20.2 Å². The molecule has 2 aromatic rings. The fourth-order valence-corrected chi connectivity index (χ4v) is 4.15. The number of hydrogen-bond donors (Lipinski definition) is 4. The minimum Gasteiger partial charge on any atom is -0.396 e. The van der Waals surface area contributed by atoms with Crippen LogP contribution in [0.4, 0.5) is 5.69 Å². The number of nitrogens with zero attached hydrogens (tertiary/aromatic N) is 3. The van der Waals surface area contributed by atoms with Crippen molar-refractivity contribution in [2.45, 2.75) is 63.6 Å². The zero-order chi connectivity index (χ0) is 19.6. The molecule has 3 heterocycles. The molecule has 4 rings (SSSR count). The van der Waals surface area contributed by atoms with Gasteiger partial charge < -0.3 is 15.5 Å². The highest BCUT2D eigenvalue weighted by Gasteiger charge is 2.35. The first kappa shape index (κ1) is 19.2. The first-order valence-electron chi connectivity index (χ1n) is 10.2. The van der Waals surface area contributed by atoms with Gasteiger partial charge in [0.1, 0.15) is 5.60 Å². The molecule has 8 heteroatoms. The van der Waals surface area contributed by atoms with E-state index in [4.69, 9.17) is 4.84 Å². The fourth-order valence-electron chi connectivity index (χ4n) is 4.15. The molecule has 2 aromatic heterocycles. The number of aliphatic hydroxyl groups excluding tert-OH is 2. The molecule has 1 unspecified atom stereocenters. The van der Waals surface area contributed by atoms with Gasteiger partial charge in [0.15, 0.2) is 5.65 Å². The van der Waals surface area contributed by atoms with Gasteiger partial charge in [-0.25, -0.2) is 9.67 Å². The van der Waals surface area contributed by atoms with Crippen LogP contribution in [0, 0.1) is 0 Å². The Balaban J connectivity index is 1.77. The number of aliphatic hydroxyl groups is 2. The van der Waals surface area contributed by atoms with E-state index in [0.717, 1.165) is 47.4 Å². The van der Waals surface area contributed by atoms with E-state index in [0.29, 0.717) is 12.5 Å². The summed E-state index contributed by atoms with van der Waals surface area (Å²) < 4.78 is 1.89. The molecule has 0 spiro atoms. The molecule has 0 saturated heterocycles. The largest absolute Gasteiger partial charge is 0.396 e. The Labute approximate surface area is 164 Å². The van der Waals surface area contributed by atoms with Crippen molar-refractivity contribution < 1.29 is 15.1 Å². The highest BCUT2D eigenvalue weighted by molar-refractivity contribution is 5.95. The zero-order valence-electron chi connectivity index (χ0n) is 16.3. The Morgan fingerprint density at radius 3 is 2.82 bits per heavy atom. The summed E-state index contributed by atoms with van der Waals surface area (Å²) >= 11 is 0. The number of aryl methyl sites for hydroxylation is 1. The number of pyridine rings is 1. The van der Waals surface area contributed by atoms with Crippen LogP contribution in [-0.4, -0.2) is 49.8 Å². The number of nitrogens with one attached hydrogen (secondary N) is 2. The van der Waals surface area contributed by atoms with Crippen LogP contribution in [0.25, 0.3) is 16.7 Å². The summed E-state index contributed by atoms with van der Waals surface area (Å²) in [6.07, 6.45) is 11.9. The van der Waals surface area contributed by atoms with Gasteiger partial charge in [0.05, 0.1) is 29.6 Å². The van der Waals surface area contributed by atoms with Gasteiger partial charge in [0.25, 0.3) is 0 Å². The lowest BCUT2D eigenvalue weighted by Gasteiger charge is -2.25. The quantitative estimate of drug-likeness (QED) is 0.577. The molecule has 2 aliphatic rings. The van der Waals surface area contributed by atoms with E-state index in [2.05, 4.69) is 27.8 Å². The topological polar surface area (TPSA) is 104 Å². The molecule has 152 valence electrons. The molecule has 0 amide bonds. The minimum absolute atomic E-state index is 0.0697. The van der Waals surface area contributed by atoms with E-state index in [1.807, 2.05) is 23.2 Å². The normalized spacial score (nSPS) is 23.0. The highest BCUT2D eigenvalue weighted by atomic mass is 16.7. The Morgan fingerprint density at radius 1 is 1.29 bits per heavy atom. The molecule has 1 aliphatic carbocycles. The van der Waals surface area contributed by atoms with Crippen LogP contribution in [0.3, 0.4) is 0 Å². The summed E-state index contributed by atoms with van der Waals surface area (Å²) in [5.74, 6) is 0. The van der Waals surface area contributed by atoms with Gasteiger partial charge in [0.2, 0.25) is 0 Å². The minimum atomic E-state index is -0.922. The Bertz CT molecular complexity index is 859. The first-order valence-corrected chi connectivity index (χ1v) is 10.2. The van der Waals surface area contributed by atoms with E-state index in [9.17, 15) is 10.2 Å². The van der Waals surface area contributed by atoms with Gasteiger partial charge in [-0.2, -0.15) is 5.10 Å². The Kier molecular flexibility index (Phi) is 5.52. The second kappa shape index (κ2) is 8.06. The maximum absolute atomic E-state index is 9.78. The third-order valence-electron chi connectivity index (χ3n) is 5.78. The predicted octanol–water partition coefficient (Wildman–Crippen LogP) is 2.18. The zero-order valence-corrected chi connectivity index (χ0v) is 16.3. The summed E-state index contributed by atoms with van der Waals surface area (Å²) in [5.41, 5.74) is 5.52. The Hall–Kier alpha value is -2.16. The average Bonchev–Trinajstić information content (AvgIpc) is 3.34. The van der Waals surface area contributed by atoms with Crippen molar-refractivity contribution in [3.63, 3.8) is 0 Å². The van der Waals surface area contributed by atoms with Crippen LogP contribution in [0.15, 0.2) is 18.5 Å². The van der Waals surface area contributed by atoms with Crippen molar-refractivity contribution in [1.29, 1.82) is 0 Å². The molecule has 4 N–H and O–H groups in total. The summed E-state index contributed by atoms with van der Waals surface area (Å²) in [5, 5.41) is 28.3. The molecular formula is C20H29N5O3. The lowest BCUT2D eigenvalue weighted by atomic mass is 9.94. The molecule has 1 atom stereocenters. The predicted molar refractivity (Wildman–Crippen MR) is 107 cm³/mol. The van der Waals surface area contributed by atoms with Gasteiger partial charge >= 0.3 is 0 Å². The number of hydroxylamine groups is 1. The smallest absolute Gasteiger partial charge is 0.159 e. The third kappa shape index (κ3) is 3.47. The van der Waals surface area contributed by atoms with Gasteiger partial charge in [-0.05, 0) is 25.8 Å². The maximum atomic E-state index is 9.78. The van der Waals surface area contributed by atoms with Crippen LogP contribution in [-0.2, 0) is 11.4 Å². The Morgan fingerprint density at radius 2 is 2.11 bits per heavy atom. The standard InChI is InChI=1S/C20H29N5O3/c1-2-25-19-16(12-22-25)18(23-14-6-4-3-5-7-14)15(11-21-19)17-10-20(13-27,8-9-26)28-24-17/h10-12,14,24,26-27H,2-9,13H2,1H3,(H,21,23). The number of rotatable bonds is 7. The molecule has 1 aliphatic heterocycles. The van der Waals surface area contributed by atoms with E-state index < -0.39 is 5.60 Å². The van der Waals surface area contributed by atoms with E-state index in [-0.39, 0.29) is 13.2 Å². The number of anilines is 1. The lowest BCUT2D eigenvalue weighted by Crippen LogP contribution is -2.34. The summed E-state index contributed by atoms with van der Waals surface area (Å²) in [6, 6.07) is 0.422. The maximum Gasteiger partial charge on any atom is 0.159 e. The summed E-state index contributed by atoms with van der Waals surface area (Å²) in [4.78, 5) is 10.3. The molecule has 0 radical (unpaired) electrons. The monoisotopic (exact) mass is 387 g/mol. The van der Waals surface area contributed by atoms with Crippen LogP contribution in [0.2, 0.25) is 0 Å². The van der Waals surface area contributed by atoms with Crippen LogP contribution < -0.4 is 10.8 Å². The number of hydrogen-bond acceptors (Lipinski definition) is 7. The second-order valence-electron chi connectivity index (χ2n) is 7.68. The average molecular weight is 387 g/mol. The van der Waals surface area contributed by atoms with Crippen molar-refractivity contribution >= 4 is 22.4 Å². The highest BCUT2D eigenvalue weighted by Crippen LogP contribution is 2.36. The van der Waals surface area contributed by atoms with E-state index in [1.54, 1.807) is 0 Å². The SMILES string of the molecule is CCn1ncc2c(NC3CCCCC3)c(C3=CC(CO)(CCO)ON3)cnc21. The second-order valence-corrected chi connectivity index (χ2v) is 7.68. The first-order chi connectivity index (χ1) is 13.7. The van der Waals surface area contributed by atoms with Gasteiger partial charge in [0, 0.05) is 37.4 Å². The van der Waals surface area contributed by atoms with Crippen molar-refractivity contribution in [2.75, 3.05) is 18.5 Å². The van der Waals surface area contributed by atoms with Gasteiger partial charge in [-0.15, -0.1) is 0 Å². The molecule has 8 nitrogen and oxygen atoms in total.